The molecule has 1 aromatic heterocycles. The number of aryl methyl sites for hydroxylation is 1. The summed E-state index contributed by atoms with van der Waals surface area (Å²) in [6.45, 7) is 0.978. The van der Waals surface area contributed by atoms with Crippen LogP contribution in [0, 0.1) is 0 Å². The Labute approximate surface area is 114 Å². The van der Waals surface area contributed by atoms with Crippen molar-refractivity contribution >= 4 is 27.3 Å². The summed E-state index contributed by atoms with van der Waals surface area (Å²) in [7, 11) is 1.61. The molecule has 0 aliphatic heterocycles. The third kappa shape index (κ3) is 3.51. The van der Waals surface area contributed by atoms with Crippen LogP contribution in [-0.4, -0.2) is 31.5 Å². The van der Waals surface area contributed by atoms with Crippen molar-refractivity contribution in [3.63, 3.8) is 0 Å². The van der Waals surface area contributed by atoms with Crippen molar-refractivity contribution in [2.45, 2.75) is 31.4 Å². The molecule has 5 heteroatoms. The van der Waals surface area contributed by atoms with E-state index in [1.54, 1.807) is 7.11 Å². The van der Waals surface area contributed by atoms with Gasteiger partial charge in [-0.25, -0.2) is 0 Å². The van der Waals surface area contributed by atoms with Crippen LogP contribution in [-0.2, 0) is 11.2 Å². The molecule has 1 aromatic rings. The minimum Gasteiger partial charge on any atom is -0.389 e. The van der Waals surface area contributed by atoms with Crippen LogP contribution >= 0.6 is 27.3 Å². The van der Waals surface area contributed by atoms with E-state index in [2.05, 4.69) is 27.3 Å². The molecular weight excluding hydrogens is 302 g/mol. The van der Waals surface area contributed by atoms with Crippen molar-refractivity contribution in [3.05, 3.63) is 20.3 Å². The van der Waals surface area contributed by atoms with Crippen molar-refractivity contribution < 1.29 is 9.84 Å². The highest BCUT2D eigenvalue weighted by atomic mass is 79.9. The number of halogens is 1. The van der Waals surface area contributed by atoms with Gasteiger partial charge in [0.05, 0.1) is 16.5 Å². The molecule has 0 aromatic carbocycles. The molecule has 0 bridgehead atoms. The first-order valence-corrected chi connectivity index (χ1v) is 7.50. The van der Waals surface area contributed by atoms with Gasteiger partial charge in [0.25, 0.3) is 0 Å². The van der Waals surface area contributed by atoms with E-state index in [4.69, 9.17) is 4.74 Å². The molecule has 1 heterocycles. The number of nitrogens with one attached hydrogen (secondary N) is 1. The van der Waals surface area contributed by atoms with Gasteiger partial charge in [-0.15, -0.1) is 11.3 Å². The Morgan fingerprint density at radius 1 is 1.71 bits per heavy atom. The maximum atomic E-state index is 9.64. The number of aliphatic hydroxyl groups is 1. The standard InChI is InChI=1S/C12H18BrNO2S/c1-16-7-8(15)6-14-10-3-2-4-11-9(10)5-12(13)17-11/h5,8,10,14-15H,2-4,6-7H2,1H3. The fourth-order valence-corrected chi connectivity index (χ4v) is 4.08. The van der Waals surface area contributed by atoms with Crippen LogP contribution in [0.25, 0.3) is 0 Å². The van der Waals surface area contributed by atoms with Gasteiger partial charge in [-0.05, 0) is 46.8 Å². The molecule has 96 valence electrons. The molecule has 0 amide bonds. The van der Waals surface area contributed by atoms with E-state index in [0.717, 1.165) is 6.42 Å². The molecule has 1 aliphatic carbocycles. The number of hydrogen-bond donors (Lipinski definition) is 2. The Kier molecular flexibility index (Phi) is 4.99. The molecule has 0 saturated heterocycles. The fraction of sp³-hybridized carbons (Fsp3) is 0.667. The van der Waals surface area contributed by atoms with Crippen LogP contribution in [0.15, 0.2) is 9.85 Å². The molecule has 0 radical (unpaired) electrons. The monoisotopic (exact) mass is 319 g/mol. The number of thiophene rings is 1. The number of ether oxygens (including phenoxy) is 1. The van der Waals surface area contributed by atoms with Gasteiger partial charge in [0, 0.05) is 24.6 Å². The highest BCUT2D eigenvalue weighted by molar-refractivity contribution is 9.11. The number of aliphatic hydroxyl groups excluding tert-OH is 1. The minimum absolute atomic E-state index is 0.382. The van der Waals surface area contributed by atoms with Crippen LogP contribution in [0.2, 0.25) is 0 Å². The highest BCUT2D eigenvalue weighted by Crippen LogP contribution is 2.37. The van der Waals surface area contributed by atoms with E-state index in [0.29, 0.717) is 19.2 Å². The normalized spacial score (nSPS) is 21.2. The van der Waals surface area contributed by atoms with Crippen molar-refractivity contribution in [1.82, 2.24) is 5.32 Å². The summed E-state index contributed by atoms with van der Waals surface area (Å²) in [6, 6.07) is 2.59. The first kappa shape index (κ1) is 13.5. The highest BCUT2D eigenvalue weighted by Gasteiger charge is 2.22. The second-order valence-corrected chi connectivity index (χ2v) is 6.91. The van der Waals surface area contributed by atoms with Crippen LogP contribution in [0.4, 0.5) is 0 Å². The summed E-state index contributed by atoms with van der Waals surface area (Å²) in [4.78, 5) is 1.47. The second-order valence-electron chi connectivity index (χ2n) is 4.39. The fourth-order valence-electron chi connectivity index (χ4n) is 2.26. The summed E-state index contributed by atoms with van der Waals surface area (Å²) in [5.74, 6) is 0. The number of rotatable bonds is 5. The summed E-state index contributed by atoms with van der Waals surface area (Å²) < 4.78 is 6.12. The average molecular weight is 320 g/mol. The second kappa shape index (κ2) is 6.29. The van der Waals surface area contributed by atoms with E-state index in [-0.39, 0.29) is 0 Å². The molecule has 0 spiro atoms. The van der Waals surface area contributed by atoms with Crippen molar-refractivity contribution in [1.29, 1.82) is 0 Å². The topological polar surface area (TPSA) is 41.5 Å². The largest absolute Gasteiger partial charge is 0.389 e. The van der Waals surface area contributed by atoms with Crippen molar-refractivity contribution in [2.24, 2.45) is 0 Å². The first-order chi connectivity index (χ1) is 8.20. The zero-order valence-corrected chi connectivity index (χ0v) is 12.3. The summed E-state index contributed by atoms with van der Waals surface area (Å²) in [5.41, 5.74) is 1.40. The van der Waals surface area contributed by atoms with E-state index in [1.165, 1.54) is 27.1 Å². The van der Waals surface area contributed by atoms with E-state index in [1.807, 2.05) is 11.3 Å². The predicted molar refractivity (Wildman–Crippen MR) is 73.6 cm³/mol. The Hall–Kier alpha value is 0.0600. The zero-order chi connectivity index (χ0) is 12.3. The van der Waals surface area contributed by atoms with Gasteiger partial charge >= 0.3 is 0 Å². The number of methoxy groups -OCH3 is 1. The molecule has 3 nitrogen and oxygen atoms in total. The smallest absolute Gasteiger partial charge is 0.0897 e. The summed E-state index contributed by atoms with van der Waals surface area (Å²) in [6.07, 6.45) is 3.13. The van der Waals surface area contributed by atoms with Crippen molar-refractivity contribution in [3.8, 4) is 0 Å². The van der Waals surface area contributed by atoms with E-state index in [9.17, 15) is 5.11 Å². The van der Waals surface area contributed by atoms with Crippen molar-refractivity contribution in [2.75, 3.05) is 20.3 Å². The van der Waals surface area contributed by atoms with Crippen LogP contribution in [0.5, 0.6) is 0 Å². The Bertz CT molecular complexity index is 369. The maximum Gasteiger partial charge on any atom is 0.0897 e. The van der Waals surface area contributed by atoms with E-state index < -0.39 is 6.10 Å². The van der Waals surface area contributed by atoms with Gasteiger partial charge in [0.1, 0.15) is 0 Å². The van der Waals surface area contributed by atoms with Gasteiger partial charge in [-0.1, -0.05) is 0 Å². The Morgan fingerprint density at radius 3 is 3.29 bits per heavy atom. The number of hydrogen-bond acceptors (Lipinski definition) is 4. The predicted octanol–water partition coefficient (Wildman–Crippen LogP) is 2.48. The first-order valence-electron chi connectivity index (χ1n) is 5.89. The quantitative estimate of drug-likeness (QED) is 0.876. The molecule has 2 rings (SSSR count). The van der Waals surface area contributed by atoms with Gasteiger partial charge in [0.2, 0.25) is 0 Å². The van der Waals surface area contributed by atoms with Crippen LogP contribution in [0.3, 0.4) is 0 Å². The molecule has 0 fully saturated rings. The summed E-state index contributed by atoms with van der Waals surface area (Å²) in [5, 5.41) is 13.1. The molecule has 0 saturated carbocycles. The van der Waals surface area contributed by atoms with E-state index >= 15 is 0 Å². The summed E-state index contributed by atoms with van der Waals surface area (Å²) >= 11 is 5.37. The third-order valence-electron chi connectivity index (χ3n) is 3.04. The lowest BCUT2D eigenvalue weighted by atomic mass is 9.94. The third-order valence-corrected chi connectivity index (χ3v) is 4.76. The SMILES string of the molecule is COCC(O)CNC1CCCc2sc(Br)cc21. The lowest BCUT2D eigenvalue weighted by Gasteiger charge is -2.24. The van der Waals surface area contributed by atoms with Gasteiger partial charge < -0.3 is 15.2 Å². The molecule has 2 N–H and O–H groups in total. The maximum absolute atomic E-state index is 9.64. The van der Waals surface area contributed by atoms with Crippen LogP contribution < -0.4 is 5.32 Å². The van der Waals surface area contributed by atoms with Gasteiger partial charge in [-0.2, -0.15) is 0 Å². The Morgan fingerprint density at radius 2 is 2.53 bits per heavy atom. The Balaban J connectivity index is 1.94. The molecule has 17 heavy (non-hydrogen) atoms. The zero-order valence-electron chi connectivity index (χ0n) is 9.91. The lowest BCUT2D eigenvalue weighted by Crippen LogP contribution is -2.34. The molecular formula is C12H18BrNO2S. The minimum atomic E-state index is -0.424. The molecule has 1 aliphatic rings. The number of fused-ring (bicyclic) bond motifs is 1. The average Bonchev–Trinajstić information content (AvgIpc) is 2.67. The lowest BCUT2D eigenvalue weighted by molar-refractivity contribution is 0.0623. The molecule has 2 unspecified atom stereocenters. The van der Waals surface area contributed by atoms with Gasteiger partial charge in [-0.3, -0.25) is 0 Å². The van der Waals surface area contributed by atoms with Gasteiger partial charge in [0.15, 0.2) is 0 Å². The molecule has 2 atom stereocenters. The van der Waals surface area contributed by atoms with Crippen LogP contribution in [0.1, 0.15) is 29.3 Å².